The minimum Gasteiger partial charge on any atom is -0.496 e. The van der Waals surface area contributed by atoms with Crippen LogP contribution in [0.25, 0.3) is 0 Å². The third-order valence-corrected chi connectivity index (χ3v) is 4.15. The van der Waals surface area contributed by atoms with E-state index in [0.29, 0.717) is 18.7 Å². The summed E-state index contributed by atoms with van der Waals surface area (Å²) in [5.41, 5.74) is 2.42. The Bertz CT molecular complexity index is 433. The zero-order valence-electron chi connectivity index (χ0n) is 13.1. The summed E-state index contributed by atoms with van der Waals surface area (Å²) in [6.45, 7) is 5.09. The fourth-order valence-corrected chi connectivity index (χ4v) is 2.90. The van der Waals surface area contributed by atoms with Crippen molar-refractivity contribution in [2.45, 2.75) is 51.8 Å². The van der Waals surface area contributed by atoms with Gasteiger partial charge in [0.25, 0.3) is 0 Å². The summed E-state index contributed by atoms with van der Waals surface area (Å²) in [4.78, 5) is 0. The van der Waals surface area contributed by atoms with Gasteiger partial charge in [0.05, 0.1) is 13.7 Å². The SMILES string of the molecule is CCCC1CC1NC(C)c1ccc(OC)c(COC)c1. The van der Waals surface area contributed by atoms with Crippen molar-refractivity contribution in [1.29, 1.82) is 0 Å². The third kappa shape index (κ3) is 3.74. The maximum atomic E-state index is 5.37. The van der Waals surface area contributed by atoms with Crippen LogP contribution < -0.4 is 10.1 Å². The third-order valence-electron chi connectivity index (χ3n) is 4.15. The molecule has 1 aliphatic rings. The van der Waals surface area contributed by atoms with E-state index in [-0.39, 0.29) is 0 Å². The first-order valence-electron chi connectivity index (χ1n) is 7.61. The predicted octanol–water partition coefficient (Wildman–Crippen LogP) is 3.68. The second-order valence-corrected chi connectivity index (χ2v) is 5.78. The molecule has 0 saturated heterocycles. The van der Waals surface area contributed by atoms with E-state index in [0.717, 1.165) is 17.2 Å². The molecule has 1 saturated carbocycles. The van der Waals surface area contributed by atoms with E-state index in [9.17, 15) is 0 Å². The van der Waals surface area contributed by atoms with Crippen molar-refractivity contribution in [3.05, 3.63) is 29.3 Å². The van der Waals surface area contributed by atoms with Gasteiger partial charge < -0.3 is 14.8 Å². The first kappa shape index (κ1) is 15.3. The molecular weight excluding hydrogens is 250 g/mol. The van der Waals surface area contributed by atoms with Crippen LogP contribution in [0.15, 0.2) is 18.2 Å². The molecule has 0 aliphatic heterocycles. The number of benzene rings is 1. The number of hydrogen-bond donors (Lipinski definition) is 1. The molecule has 20 heavy (non-hydrogen) atoms. The second kappa shape index (κ2) is 7.09. The number of methoxy groups -OCH3 is 2. The molecule has 0 bridgehead atoms. The Balaban J connectivity index is 1.99. The largest absolute Gasteiger partial charge is 0.496 e. The highest BCUT2D eigenvalue weighted by atomic mass is 16.5. The predicted molar refractivity (Wildman–Crippen MR) is 82.1 cm³/mol. The smallest absolute Gasteiger partial charge is 0.124 e. The normalized spacial score (nSPS) is 22.6. The molecule has 112 valence electrons. The van der Waals surface area contributed by atoms with E-state index in [1.165, 1.54) is 24.8 Å². The van der Waals surface area contributed by atoms with Crippen LogP contribution in [0.2, 0.25) is 0 Å². The highest BCUT2D eigenvalue weighted by Gasteiger charge is 2.36. The fraction of sp³-hybridized carbons (Fsp3) is 0.647. The van der Waals surface area contributed by atoms with Gasteiger partial charge in [-0.15, -0.1) is 0 Å². The molecule has 1 N–H and O–H groups in total. The monoisotopic (exact) mass is 277 g/mol. The summed E-state index contributed by atoms with van der Waals surface area (Å²) in [7, 11) is 3.42. The van der Waals surface area contributed by atoms with Gasteiger partial charge in [-0.3, -0.25) is 0 Å². The van der Waals surface area contributed by atoms with E-state index in [2.05, 4.69) is 31.3 Å². The summed E-state index contributed by atoms with van der Waals surface area (Å²) in [5.74, 6) is 1.79. The van der Waals surface area contributed by atoms with E-state index in [4.69, 9.17) is 9.47 Å². The molecule has 3 nitrogen and oxygen atoms in total. The Hall–Kier alpha value is -1.06. The standard InChI is InChI=1S/C17H27NO2/c1-5-6-14-10-16(14)18-12(2)13-7-8-17(20-4)15(9-13)11-19-3/h7-9,12,14,16,18H,5-6,10-11H2,1-4H3. The Kier molecular flexibility index (Phi) is 5.44. The van der Waals surface area contributed by atoms with Crippen LogP contribution in [0.1, 0.15) is 50.3 Å². The highest BCUT2D eigenvalue weighted by Crippen LogP contribution is 2.36. The minimum absolute atomic E-state index is 0.378. The summed E-state index contributed by atoms with van der Waals surface area (Å²) in [5, 5.41) is 3.73. The lowest BCUT2D eigenvalue weighted by atomic mass is 10.0. The Morgan fingerprint density at radius 3 is 2.80 bits per heavy atom. The van der Waals surface area contributed by atoms with Gasteiger partial charge in [0.1, 0.15) is 5.75 Å². The summed E-state index contributed by atoms with van der Waals surface area (Å²) in [6.07, 6.45) is 3.97. The van der Waals surface area contributed by atoms with Crippen molar-refractivity contribution in [3.8, 4) is 5.75 Å². The first-order chi connectivity index (χ1) is 9.69. The van der Waals surface area contributed by atoms with Crippen LogP contribution in [0.5, 0.6) is 5.75 Å². The van der Waals surface area contributed by atoms with E-state index in [1.807, 2.05) is 6.07 Å². The van der Waals surface area contributed by atoms with Crippen LogP contribution in [-0.4, -0.2) is 20.3 Å². The van der Waals surface area contributed by atoms with Crippen LogP contribution >= 0.6 is 0 Å². The van der Waals surface area contributed by atoms with Crippen molar-refractivity contribution in [3.63, 3.8) is 0 Å². The van der Waals surface area contributed by atoms with E-state index >= 15 is 0 Å². The lowest BCUT2D eigenvalue weighted by molar-refractivity contribution is 0.181. The topological polar surface area (TPSA) is 30.5 Å². The maximum Gasteiger partial charge on any atom is 0.124 e. The van der Waals surface area contributed by atoms with E-state index < -0.39 is 0 Å². The van der Waals surface area contributed by atoms with Gasteiger partial charge in [-0.25, -0.2) is 0 Å². The molecule has 3 atom stereocenters. The molecule has 0 aromatic heterocycles. The molecule has 0 heterocycles. The number of nitrogens with one attached hydrogen (secondary N) is 1. The lowest BCUT2D eigenvalue weighted by Gasteiger charge is -2.17. The van der Waals surface area contributed by atoms with Crippen molar-refractivity contribution in [1.82, 2.24) is 5.32 Å². The van der Waals surface area contributed by atoms with Crippen LogP contribution in [-0.2, 0) is 11.3 Å². The molecular formula is C17H27NO2. The zero-order chi connectivity index (χ0) is 14.5. The van der Waals surface area contributed by atoms with Crippen molar-refractivity contribution in [2.24, 2.45) is 5.92 Å². The number of rotatable bonds is 8. The summed E-state index contributed by atoms with van der Waals surface area (Å²) >= 11 is 0. The van der Waals surface area contributed by atoms with Crippen molar-refractivity contribution >= 4 is 0 Å². The van der Waals surface area contributed by atoms with Crippen molar-refractivity contribution < 1.29 is 9.47 Å². The van der Waals surface area contributed by atoms with Gasteiger partial charge in [-0.2, -0.15) is 0 Å². The maximum absolute atomic E-state index is 5.37. The highest BCUT2D eigenvalue weighted by molar-refractivity contribution is 5.38. The average Bonchev–Trinajstić information content (AvgIpc) is 3.17. The molecule has 0 radical (unpaired) electrons. The molecule has 0 amide bonds. The lowest BCUT2D eigenvalue weighted by Crippen LogP contribution is -2.22. The molecule has 1 fully saturated rings. The van der Waals surface area contributed by atoms with Gasteiger partial charge in [-0.05, 0) is 43.4 Å². The molecule has 3 unspecified atom stereocenters. The molecule has 3 heteroatoms. The van der Waals surface area contributed by atoms with Gasteiger partial charge in [0.2, 0.25) is 0 Å². The Labute approximate surface area is 122 Å². The Morgan fingerprint density at radius 1 is 1.35 bits per heavy atom. The van der Waals surface area contributed by atoms with Crippen molar-refractivity contribution in [2.75, 3.05) is 14.2 Å². The second-order valence-electron chi connectivity index (χ2n) is 5.78. The molecule has 0 spiro atoms. The van der Waals surface area contributed by atoms with Gasteiger partial charge in [0, 0.05) is 24.8 Å². The molecule has 2 rings (SSSR count). The Morgan fingerprint density at radius 2 is 2.15 bits per heavy atom. The summed E-state index contributed by atoms with van der Waals surface area (Å²) in [6, 6.07) is 7.46. The molecule has 1 aromatic carbocycles. The van der Waals surface area contributed by atoms with Crippen LogP contribution in [0.3, 0.4) is 0 Å². The fourth-order valence-electron chi connectivity index (χ4n) is 2.90. The van der Waals surface area contributed by atoms with Crippen LogP contribution in [0, 0.1) is 5.92 Å². The quantitative estimate of drug-likeness (QED) is 0.786. The number of ether oxygens (including phenoxy) is 2. The molecule has 1 aromatic rings. The van der Waals surface area contributed by atoms with E-state index in [1.54, 1.807) is 14.2 Å². The zero-order valence-corrected chi connectivity index (χ0v) is 13.1. The minimum atomic E-state index is 0.378. The summed E-state index contributed by atoms with van der Waals surface area (Å²) < 4.78 is 10.6. The van der Waals surface area contributed by atoms with Gasteiger partial charge in [-0.1, -0.05) is 19.4 Å². The average molecular weight is 277 g/mol. The van der Waals surface area contributed by atoms with Gasteiger partial charge in [0.15, 0.2) is 0 Å². The number of hydrogen-bond acceptors (Lipinski definition) is 3. The van der Waals surface area contributed by atoms with Crippen LogP contribution in [0.4, 0.5) is 0 Å². The molecule has 1 aliphatic carbocycles. The van der Waals surface area contributed by atoms with Gasteiger partial charge >= 0.3 is 0 Å². The first-order valence-corrected chi connectivity index (χ1v) is 7.61.